The van der Waals surface area contributed by atoms with Crippen molar-refractivity contribution in [2.45, 2.75) is 38.5 Å². The summed E-state index contributed by atoms with van der Waals surface area (Å²) in [5.41, 5.74) is 0.454. The maximum absolute atomic E-state index is 11.2. The number of hydrogen-bond donors (Lipinski definition) is 1. The minimum absolute atomic E-state index is 0.370. The summed E-state index contributed by atoms with van der Waals surface area (Å²) in [6.07, 6.45) is 3.90. The normalized spacial score (nSPS) is 22.6. The van der Waals surface area contributed by atoms with Gasteiger partial charge in [0.2, 0.25) is 0 Å². The molecule has 1 fully saturated rings. The number of nitrogens with one attached hydrogen (secondary N) is 1. The molecular weight excluding hydrogens is 234 g/mol. The van der Waals surface area contributed by atoms with E-state index in [1.54, 1.807) is 6.07 Å². The summed E-state index contributed by atoms with van der Waals surface area (Å²) in [6, 6.07) is 2.19. The molecule has 0 amide bonds. The first kappa shape index (κ1) is 13.1. The lowest BCUT2D eigenvalue weighted by Gasteiger charge is -2.35. The van der Waals surface area contributed by atoms with E-state index >= 15 is 0 Å². The summed E-state index contributed by atoms with van der Waals surface area (Å²) < 4.78 is 15.4. The van der Waals surface area contributed by atoms with Crippen LogP contribution in [0.25, 0.3) is 0 Å². The summed E-state index contributed by atoms with van der Waals surface area (Å²) in [5.74, 6) is 0.375. The van der Waals surface area contributed by atoms with Crippen LogP contribution in [0.2, 0.25) is 0 Å². The highest BCUT2D eigenvalue weighted by atomic mass is 16.5. The van der Waals surface area contributed by atoms with E-state index in [9.17, 15) is 4.79 Å². The molecule has 18 heavy (non-hydrogen) atoms. The first-order chi connectivity index (χ1) is 8.72. The molecule has 0 atom stereocenters. The van der Waals surface area contributed by atoms with Crippen molar-refractivity contribution < 1.29 is 18.7 Å². The highest BCUT2D eigenvalue weighted by Crippen LogP contribution is 2.23. The molecule has 0 unspecified atom stereocenters. The Morgan fingerprint density at radius 2 is 2.33 bits per heavy atom. The van der Waals surface area contributed by atoms with E-state index in [1.165, 1.54) is 13.4 Å². The first-order valence-electron chi connectivity index (χ1n) is 6.23. The molecule has 0 bridgehead atoms. The van der Waals surface area contributed by atoms with Crippen LogP contribution in [0.5, 0.6) is 0 Å². The number of methoxy groups -OCH3 is 1. The standard InChI is InChI=1S/C13H19NO4/c1-3-17-11-5-10(6-11)14-7-12-4-9(8-18-12)13(15)16-2/h4,8,10-11,14H,3,5-7H2,1-2H3. The zero-order chi connectivity index (χ0) is 13.0. The molecular formula is C13H19NO4. The zero-order valence-corrected chi connectivity index (χ0v) is 10.8. The molecule has 5 nitrogen and oxygen atoms in total. The molecule has 1 saturated carbocycles. The smallest absolute Gasteiger partial charge is 0.341 e. The molecule has 1 aromatic heterocycles. The lowest BCUT2D eigenvalue weighted by atomic mass is 9.89. The van der Waals surface area contributed by atoms with Crippen molar-refractivity contribution in [3.63, 3.8) is 0 Å². The Morgan fingerprint density at radius 1 is 1.56 bits per heavy atom. The molecule has 0 radical (unpaired) electrons. The molecule has 0 aliphatic heterocycles. The van der Waals surface area contributed by atoms with Gasteiger partial charge in [0.15, 0.2) is 0 Å². The first-order valence-corrected chi connectivity index (χ1v) is 6.23. The Balaban J connectivity index is 1.71. The van der Waals surface area contributed by atoms with Crippen molar-refractivity contribution in [1.82, 2.24) is 5.32 Å². The highest BCUT2D eigenvalue weighted by molar-refractivity contribution is 5.88. The summed E-state index contributed by atoms with van der Waals surface area (Å²) in [6.45, 7) is 3.41. The van der Waals surface area contributed by atoms with E-state index in [2.05, 4.69) is 10.1 Å². The SMILES string of the molecule is CCOC1CC(NCc2cc(C(=O)OC)co2)C1. The van der Waals surface area contributed by atoms with Gasteiger partial charge in [-0.1, -0.05) is 0 Å². The third-order valence-corrected chi connectivity index (χ3v) is 3.14. The fourth-order valence-corrected chi connectivity index (χ4v) is 2.05. The molecule has 0 spiro atoms. The molecule has 1 N–H and O–H groups in total. The van der Waals surface area contributed by atoms with Crippen molar-refractivity contribution in [3.05, 3.63) is 23.7 Å². The maximum atomic E-state index is 11.2. The fourth-order valence-electron chi connectivity index (χ4n) is 2.05. The van der Waals surface area contributed by atoms with Gasteiger partial charge in [0, 0.05) is 12.6 Å². The van der Waals surface area contributed by atoms with Crippen molar-refractivity contribution in [3.8, 4) is 0 Å². The van der Waals surface area contributed by atoms with Crippen LogP contribution in [0.1, 0.15) is 35.9 Å². The Hall–Kier alpha value is -1.33. The molecule has 1 aromatic rings. The summed E-state index contributed by atoms with van der Waals surface area (Å²) in [5, 5.41) is 3.37. The third-order valence-electron chi connectivity index (χ3n) is 3.14. The van der Waals surface area contributed by atoms with Crippen LogP contribution < -0.4 is 5.32 Å². The number of ether oxygens (including phenoxy) is 2. The average Bonchev–Trinajstić information content (AvgIpc) is 2.79. The Kier molecular flexibility index (Phi) is 4.38. The van der Waals surface area contributed by atoms with Crippen LogP contribution in [0.15, 0.2) is 16.7 Å². The average molecular weight is 253 g/mol. The van der Waals surface area contributed by atoms with Crippen LogP contribution >= 0.6 is 0 Å². The minimum atomic E-state index is -0.370. The topological polar surface area (TPSA) is 60.7 Å². The van der Waals surface area contributed by atoms with Gasteiger partial charge in [-0.15, -0.1) is 0 Å². The molecule has 5 heteroatoms. The number of carbonyl (C=O) groups is 1. The highest BCUT2D eigenvalue weighted by Gasteiger charge is 2.29. The number of hydrogen-bond acceptors (Lipinski definition) is 5. The number of furan rings is 1. The quantitative estimate of drug-likeness (QED) is 0.782. The van der Waals surface area contributed by atoms with Crippen molar-refractivity contribution in [2.75, 3.05) is 13.7 Å². The molecule has 0 aromatic carbocycles. The number of carbonyl (C=O) groups excluding carboxylic acids is 1. The maximum Gasteiger partial charge on any atom is 0.341 e. The second kappa shape index (κ2) is 6.02. The predicted molar refractivity (Wildman–Crippen MR) is 65.3 cm³/mol. The van der Waals surface area contributed by atoms with Gasteiger partial charge in [-0.05, 0) is 25.8 Å². The molecule has 100 valence electrons. The zero-order valence-electron chi connectivity index (χ0n) is 10.8. The van der Waals surface area contributed by atoms with Crippen molar-refractivity contribution in [2.24, 2.45) is 0 Å². The van der Waals surface area contributed by atoms with Crippen LogP contribution in [-0.4, -0.2) is 31.8 Å². The van der Waals surface area contributed by atoms with E-state index in [0.29, 0.717) is 24.3 Å². The van der Waals surface area contributed by atoms with Gasteiger partial charge in [-0.2, -0.15) is 0 Å². The third kappa shape index (κ3) is 3.11. The van der Waals surface area contributed by atoms with Gasteiger partial charge in [0.1, 0.15) is 12.0 Å². The van der Waals surface area contributed by atoms with Crippen LogP contribution in [0.4, 0.5) is 0 Å². The monoisotopic (exact) mass is 253 g/mol. The van der Waals surface area contributed by atoms with Gasteiger partial charge in [-0.25, -0.2) is 4.79 Å². The molecule has 1 aliphatic carbocycles. The van der Waals surface area contributed by atoms with Gasteiger partial charge in [-0.3, -0.25) is 0 Å². The van der Waals surface area contributed by atoms with Gasteiger partial charge < -0.3 is 19.2 Å². The van der Waals surface area contributed by atoms with Gasteiger partial charge >= 0.3 is 5.97 Å². The Morgan fingerprint density at radius 3 is 3.00 bits per heavy atom. The van der Waals surface area contributed by atoms with E-state index < -0.39 is 0 Å². The predicted octanol–water partition coefficient (Wildman–Crippen LogP) is 1.72. The largest absolute Gasteiger partial charge is 0.467 e. The summed E-state index contributed by atoms with van der Waals surface area (Å²) in [7, 11) is 1.36. The summed E-state index contributed by atoms with van der Waals surface area (Å²) >= 11 is 0. The lowest BCUT2D eigenvalue weighted by Crippen LogP contribution is -2.45. The lowest BCUT2D eigenvalue weighted by molar-refractivity contribution is -0.0105. The Labute approximate surface area is 106 Å². The second-order valence-corrected chi connectivity index (χ2v) is 4.42. The van der Waals surface area contributed by atoms with Crippen molar-refractivity contribution >= 4 is 5.97 Å². The molecule has 1 heterocycles. The number of esters is 1. The second-order valence-electron chi connectivity index (χ2n) is 4.42. The Bertz CT molecular complexity index is 395. The fraction of sp³-hybridized carbons (Fsp3) is 0.615. The molecule has 1 aliphatic rings. The van der Waals surface area contributed by atoms with Crippen LogP contribution in [-0.2, 0) is 16.0 Å². The van der Waals surface area contributed by atoms with E-state index in [1.807, 2.05) is 6.92 Å². The van der Waals surface area contributed by atoms with Crippen molar-refractivity contribution in [1.29, 1.82) is 0 Å². The van der Waals surface area contributed by atoms with Crippen LogP contribution in [0, 0.1) is 0 Å². The van der Waals surface area contributed by atoms with E-state index in [4.69, 9.17) is 9.15 Å². The minimum Gasteiger partial charge on any atom is -0.467 e. The van der Waals surface area contributed by atoms with Crippen LogP contribution in [0.3, 0.4) is 0 Å². The summed E-state index contributed by atoms with van der Waals surface area (Å²) in [4.78, 5) is 11.2. The van der Waals surface area contributed by atoms with E-state index in [0.717, 1.165) is 25.2 Å². The molecule has 2 rings (SSSR count). The van der Waals surface area contributed by atoms with Gasteiger partial charge in [0.25, 0.3) is 0 Å². The number of rotatable bonds is 6. The van der Waals surface area contributed by atoms with E-state index in [-0.39, 0.29) is 5.97 Å². The van der Waals surface area contributed by atoms with Gasteiger partial charge in [0.05, 0.1) is 25.3 Å². The molecule has 0 saturated heterocycles.